The number of rotatable bonds is 6. The largest absolute Gasteiger partial charge is 0.311 e. The third-order valence-corrected chi connectivity index (χ3v) is 10.9. The smallest absolute Gasteiger partial charge is 0.0548 e. The minimum Gasteiger partial charge on any atom is -0.311 e. The van der Waals surface area contributed by atoms with Crippen molar-refractivity contribution >= 4 is 71.2 Å². The Bertz CT molecular complexity index is 2990. The Kier molecular flexibility index (Phi) is 6.28. The highest BCUT2D eigenvalue weighted by atomic mass is 15.1. The lowest BCUT2D eigenvalue weighted by Gasteiger charge is -2.25. The summed E-state index contributed by atoms with van der Waals surface area (Å²) in [6.07, 6.45) is 0. The number of anilines is 3. The van der Waals surface area contributed by atoms with Crippen LogP contribution in [-0.2, 0) is 0 Å². The van der Waals surface area contributed by atoms with Gasteiger partial charge in [-0.25, -0.2) is 0 Å². The predicted octanol–water partition coefficient (Wildman–Crippen LogP) is 13.9. The molecule has 0 fully saturated rings. The van der Waals surface area contributed by atoms with Gasteiger partial charge >= 0.3 is 0 Å². The zero-order valence-electron chi connectivity index (χ0n) is 28.4. The van der Waals surface area contributed by atoms with Crippen LogP contribution in [-0.4, -0.2) is 4.57 Å². The third-order valence-electron chi connectivity index (χ3n) is 10.9. The zero-order valence-corrected chi connectivity index (χ0v) is 28.4. The van der Waals surface area contributed by atoms with E-state index in [1.807, 2.05) is 0 Å². The van der Waals surface area contributed by atoms with Crippen molar-refractivity contribution in [2.45, 2.75) is 0 Å². The third kappa shape index (κ3) is 4.25. The van der Waals surface area contributed by atoms with Crippen molar-refractivity contribution in [2.75, 3.05) is 4.90 Å². The first-order valence-electron chi connectivity index (χ1n) is 17.9. The second kappa shape index (κ2) is 11.3. The predicted molar refractivity (Wildman–Crippen MR) is 221 cm³/mol. The summed E-state index contributed by atoms with van der Waals surface area (Å²) in [5.74, 6) is 0. The van der Waals surface area contributed by atoms with E-state index in [0.29, 0.717) is 0 Å². The summed E-state index contributed by atoms with van der Waals surface area (Å²) in [6.45, 7) is 0. The quantitative estimate of drug-likeness (QED) is 0.127. The van der Waals surface area contributed by atoms with Crippen LogP contribution in [0.5, 0.6) is 0 Å². The Morgan fingerprint density at radius 1 is 0.327 bits per heavy atom. The van der Waals surface area contributed by atoms with Gasteiger partial charge in [0.25, 0.3) is 0 Å². The average Bonchev–Trinajstić information content (AvgIpc) is 3.56. The normalized spacial score (nSPS) is 11.8. The molecule has 0 spiro atoms. The van der Waals surface area contributed by atoms with Gasteiger partial charge in [-0.05, 0) is 104 Å². The molecular weight excluding hydrogens is 629 g/mol. The van der Waals surface area contributed by atoms with Gasteiger partial charge in [0.15, 0.2) is 0 Å². The van der Waals surface area contributed by atoms with Gasteiger partial charge in [0, 0.05) is 44.3 Å². The van der Waals surface area contributed by atoms with Crippen LogP contribution in [0.25, 0.3) is 82.1 Å². The number of benzene rings is 10. The molecule has 0 amide bonds. The standard InChI is InChI=1S/C50H32N2/c1-4-12-34(13-5-1)42-29-31-45-50-48(42)43-21-11-14-35-22-23-36-26-30-44(49(50)47(36)46(35)43)52(45)41-20-10-15-37(32-41)33-24-27-40(28-25-33)51(38-16-6-2-7-17-38)39-18-8-3-9-19-39/h1-32H. The van der Waals surface area contributed by atoms with Crippen molar-refractivity contribution in [3.63, 3.8) is 0 Å². The lowest BCUT2D eigenvalue weighted by Crippen LogP contribution is -2.09. The lowest BCUT2D eigenvalue weighted by atomic mass is 9.86. The molecule has 0 atom stereocenters. The number of hydrogen-bond donors (Lipinski definition) is 0. The monoisotopic (exact) mass is 660 g/mol. The summed E-state index contributed by atoms with van der Waals surface area (Å²) in [7, 11) is 0. The van der Waals surface area contributed by atoms with Gasteiger partial charge in [-0.1, -0.05) is 133 Å². The van der Waals surface area contributed by atoms with Gasteiger partial charge in [0.2, 0.25) is 0 Å². The maximum atomic E-state index is 2.48. The molecule has 11 aromatic rings. The van der Waals surface area contributed by atoms with Crippen LogP contribution in [0.4, 0.5) is 17.1 Å². The van der Waals surface area contributed by atoms with Crippen LogP contribution in [0.1, 0.15) is 0 Å². The molecule has 2 heteroatoms. The van der Waals surface area contributed by atoms with Crippen molar-refractivity contribution in [1.82, 2.24) is 4.57 Å². The van der Waals surface area contributed by atoms with E-state index in [0.717, 1.165) is 22.7 Å². The SMILES string of the molecule is c1ccc(-c2ccc3c4c2c2cccc5ccc6ccc(c4c6c52)n3-c2cccc(-c3ccc(N(c4ccccc4)c4ccccc4)cc3)c2)cc1. The van der Waals surface area contributed by atoms with Crippen molar-refractivity contribution in [3.8, 4) is 27.9 Å². The summed E-state index contributed by atoms with van der Waals surface area (Å²) in [5, 5.41) is 10.6. The second-order valence-corrected chi connectivity index (χ2v) is 13.7. The van der Waals surface area contributed by atoms with Crippen LogP contribution in [0.15, 0.2) is 194 Å². The molecule has 1 aromatic heterocycles. The molecule has 0 saturated heterocycles. The minimum atomic E-state index is 1.12. The van der Waals surface area contributed by atoms with Gasteiger partial charge in [0.05, 0.1) is 11.0 Å². The second-order valence-electron chi connectivity index (χ2n) is 13.7. The van der Waals surface area contributed by atoms with Crippen molar-refractivity contribution in [1.29, 1.82) is 0 Å². The zero-order chi connectivity index (χ0) is 34.2. The van der Waals surface area contributed by atoms with E-state index < -0.39 is 0 Å². The number of nitrogens with zero attached hydrogens (tertiary/aromatic N) is 2. The Labute approximate surface area is 301 Å². The molecular formula is C50H32N2. The van der Waals surface area contributed by atoms with Crippen molar-refractivity contribution in [2.24, 2.45) is 0 Å². The van der Waals surface area contributed by atoms with Gasteiger partial charge in [-0.15, -0.1) is 0 Å². The number of para-hydroxylation sites is 2. The maximum Gasteiger partial charge on any atom is 0.0548 e. The summed E-state index contributed by atoms with van der Waals surface area (Å²) < 4.78 is 2.48. The maximum absolute atomic E-state index is 2.48. The lowest BCUT2D eigenvalue weighted by molar-refractivity contribution is 1.18. The fourth-order valence-electron chi connectivity index (χ4n) is 8.64. The minimum absolute atomic E-state index is 1.12. The van der Waals surface area contributed by atoms with Crippen LogP contribution in [0.3, 0.4) is 0 Å². The van der Waals surface area contributed by atoms with Crippen LogP contribution in [0.2, 0.25) is 0 Å². The molecule has 10 aromatic carbocycles. The molecule has 0 unspecified atom stereocenters. The van der Waals surface area contributed by atoms with Gasteiger partial charge in [-0.2, -0.15) is 0 Å². The van der Waals surface area contributed by atoms with E-state index in [4.69, 9.17) is 0 Å². The van der Waals surface area contributed by atoms with Crippen LogP contribution >= 0.6 is 0 Å². The Morgan fingerprint density at radius 3 is 1.60 bits per heavy atom. The molecule has 52 heavy (non-hydrogen) atoms. The first-order valence-corrected chi connectivity index (χ1v) is 17.9. The van der Waals surface area contributed by atoms with Gasteiger partial charge in [0.1, 0.15) is 0 Å². The molecule has 0 saturated carbocycles. The number of fused-ring (bicyclic) bond motifs is 1. The van der Waals surface area contributed by atoms with E-state index in [1.54, 1.807) is 0 Å². The highest BCUT2D eigenvalue weighted by Crippen LogP contribution is 2.49. The van der Waals surface area contributed by atoms with Crippen molar-refractivity contribution < 1.29 is 0 Å². The summed E-state index contributed by atoms with van der Waals surface area (Å²) >= 11 is 0. The highest BCUT2D eigenvalue weighted by Gasteiger charge is 2.24. The van der Waals surface area contributed by atoms with E-state index in [2.05, 4.69) is 204 Å². The van der Waals surface area contributed by atoms with Crippen LogP contribution in [0, 0.1) is 0 Å². The molecule has 0 aliphatic heterocycles. The number of aromatic nitrogens is 1. The Morgan fingerprint density at radius 2 is 0.885 bits per heavy atom. The topological polar surface area (TPSA) is 8.17 Å². The molecule has 0 aliphatic rings. The van der Waals surface area contributed by atoms with E-state index >= 15 is 0 Å². The van der Waals surface area contributed by atoms with Crippen molar-refractivity contribution in [3.05, 3.63) is 194 Å². The average molecular weight is 661 g/mol. The Hall–Kier alpha value is -6.90. The first kappa shape index (κ1) is 28.9. The first-order chi connectivity index (χ1) is 25.8. The fraction of sp³-hybridized carbons (Fsp3) is 0. The molecule has 0 aliphatic carbocycles. The molecule has 2 nitrogen and oxygen atoms in total. The summed E-state index contributed by atoms with van der Waals surface area (Å²) in [6, 6.07) is 70.7. The molecule has 11 rings (SSSR count). The number of hydrogen-bond acceptors (Lipinski definition) is 1. The molecule has 242 valence electrons. The highest BCUT2D eigenvalue weighted by molar-refractivity contribution is 6.41. The molecule has 1 heterocycles. The van der Waals surface area contributed by atoms with Gasteiger partial charge < -0.3 is 9.47 Å². The molecule has 0 bridgehead atoms. The van der Waals surface area contributed by atoms with E-state index in [1.165, 1.54) is 76.4 Å². The van der Waals surface area contributed by atoms with E-state index in [-0.39, 0.29) is 0 Å². The Balaban J connectivity index is 1.11. The molecule has 0 N–H and O–H groups in total. The van der Waals surface area contributed by atoms with Gasteiger partial charge in [-0.3, -0.25) is 0 Å². The fourth-order valence-corrected chi connectivity index (χ4v) is 8.64. The van der Waals surface area contributed by atoms with Crippen LogP contribution < -0.4 is 4.90 Å². The molecule has 0 radical (unpaired) electrons. The summed E-state index contributed by atoms with van der Waals surface area (Å²) in [5.41, 5.74) is 11.9. The summed E-state index contributed by atoms with van der Waals surface area (Å²) in [4.78, 5) is 2.31. The van der Waals surface area contributed by atoms with E-state index in [9.17, 15) is 0 Å².